The van der Waals surface area contributed by atoms with Gasteiger partial charge in [-0.1, -0.05) is 24.4 Å². The molecule has 1 fully saturated rings. The number of hydrogen-bond donors (Lipinski definition) is 1. The van der Waals surface area contributed by atoms with Crippen LogP contribution in [-0.4, -0.2) is 23.4 Å². The van der Waals surface area contributed by atoms with Crippen molar-refractivity contribution >= 4 is 23.2 Å². The van der Waals surface area contributed by atoms with Crippen molar-refractivity contribution in [1.29, 1.82) is 0 Å². The smallest absolute Gasteiger partial charge is 0.255 e. The van der Waals surface area contributed by atoms with Gasteiger partial charge in [-0.15, -0.1) is 0 Å². The molecule has 0 bridgehead atoms. The van der Waals surface area contributed by atoms with E-state index < -0.39 is 0 Å². The maximum atomic E-state index is 12.5. The molecule has 0 unspecified atom stereocenters. The highest BCUT2D eigenvalue weighted by Crippen LogP contribution is 2.27. The highest BCUT2D eigenvalue weighted by molar-refractivity contribution is 6.34. The standard InChI is InChI=1S/C14H19ClN2O/c1-2-17(11-5-3-4-6-11)14(18)12-9-10(16)7-8-13(12)15/h7-9,11H,2-6,16H2,1H3. The molecule has 2 N–H and O–H groups in total. The van der Waals surface area contributed by atoms with Crippen LogP contribution in [0.5, 0.6) is 0 Å². The summed E-state index contributed by atoms with van der Waals surface area (Å²) in [5, 5.41) is 0.477. The van der Waals surface area contributed by atoms with Gasteiger partial charge >= 0.3 is 0 Å². The van der Waals surface area contributed by atoms with Crippen LogP contribution in [0.4, 0.5) is 5.69 Å². The molecule has 1 aromatic carbocycles. The quantitative estimate of drug-likeness (QED) is 0.853. The number of anilines is 1. The zero-order valence-electron chi connectivity index (χ0n) is 10.7. The average Bonchev–Trinajstić information content (AvgIpc) is 2.87. The summed E-state index contributed by atoms with van der Waals surface area (Å²) in [4.78, 5) is 14.4. The average molecular weight is 267 g/mol. The summed E-state index contributed by atoms with van der Waals surface area (Å²) in [5.41, 5.74) is 6.82. The normalized spacial score (nSPS) is 15.9. The predicted octanol–water partition coefficient (Wildman–Crippen LogP) is 3.33. The number of benzene rings is 1. The Morgan fingerprint density at radius 2 is 2.11 bits per heavy atom. The van der Waals surface area contributed by atoms with Gasteiger partial charge in [0.2, 0.25) is 0 Å². The number of amides is 1. The molecule has 18 heavy (non-hydrogen) atoms. The predicted molar refractivity (Wildman–Crippen MR) is 74.8 cm³/mol. The van der Waals surface area contributed by atoms with Crippen molar-refractivity contribution in [3.63, 3.8) is 0 Å². The van der Waals surface area contributed by atoms with Gasteiger partial charge in [-0.25, -0.2) is 0 Å². The van der Waals surface area contributed by atoms with Gasteiger partial charge in [0.25, 0.3) is 5.91 Å². The fourth-order valence-corrected chi connectivity index (χ4v) is 2.84. The van der Waals surface area contributed by atoms with Crippen molar-refractivity contribution < 1.29 is 4.79 Å². The first-order valence-electron chi connectivity index (χ1n) is 6.49. The minimum absolute atomic E-state index is 0.00157. The summed E-state index contributed by atoms with van der Waals surface area (Å²) < 4.78 is 0. The summed E-state index contributed by atoms with van der Waals surface area (Å²) in [6, 6.07) is 5.43. The lowest BCUT2D eigenvalue weighted by molar-refractivity contribution is 0.0694. The molecule has 0 spiro atoms. The van der Waals surface area contributed by atoms with E-state index in [1.165, 1.54) is 12.8 Å². The SMILES string of the molecule is CCN(C(=O)c1cc(N)ccc1Cl)C1CCCC1. The Kier molecular flexibility index (Phi) is 4.12. The van der Waals surface area contributed by atoms with Gasteiger partial charge in [-0.2, -0.15) is 0 Å². The Morgan fingerprint density at radius 3 is 2.72 bits per heavy atom. The molecule has 98 valence electrons. The summed E-state index contributed by atoms with van der Waals surface area (Å²) in [5.74, 6) is 0.00157. The third kappa shape index (κ3) is 2.61. The van der Waals surface area contributed by atoms with Crippen LogP contribution in [0.15, 0.2) is 18.2 Å². The molecule has 0 aliphatic heterocycles. The van der Waals surface area contributed by atoms with Crippen LogP contribution in [-0.2, 0) is 0 Å². The van der Waals surface area contributed by atoms with Crippen LogP contribution < -0.4 is 5.73 Å². The van der Waals surface area contributed by atoms with Crippen LogP contribution >= 0.6 is 11.6 Å². The van der Waals surface area contributed by atoms with Gasteiger partial charge in [-0.3, -0.25) is 4.79 Å². The zero-order chi connectivity index (χ0) is 13.1. The van der Waals surface area contributed by atoms with E-state index in [1.807, 2.05) is 11.8 Å². The van der Waals surface area contributed by atoms with Crippen molar-refractivity contribution in [2.24, 2.45) is 0 Å². The maximum Gasteiger partial charge on any atom is 0.255 e. The monoisotopic (exact) mass is 266 g/mol. The Morgan fingerprint density at radius 1 is 1.44 bits per heavy atom. The van der Waals surface area contributed by atoms with Gasteiger partial charge in [-0.05, 0) is 38.0 Å². The topological polar surface area (TPSA) is 46.3 Å². The second-order valence-electron chi connectivity index (χ2n) is 4.77. The van der Waals surface area contributed by atoms with Crippen LogP contribution in [0, 0.1) is 0 Å². The number of rotatable bonds is 3. The van der Waals surface area contributed by atoms with E-state index >= 15 is 0 Å². The fourth-order valence-electron chi connectivity index (χ4n) is 2.65. The second-order valence-corrected chi connectivity index (χ2v) is 5.18. The Hall–Kier alpha value is -1.22. The molecular formula is C14H19ClN2O. The van der Waals surface area contributed by atoms with Gasteiger partial charge in [0.05, 0.1) is 10.6 Å². The summed E-state index contributed by atoms with van der Waals surface area (Å²) in [6.07, 6.45) is 4.61. The van der Waals surface area contributed by atoms with Crippen molar-refractivity contribution in [1.82, 2.24) is 4.90 Å². The second kappa shape index (κ2) is 5.61. The molecular weight excluding hydrogens is 248 g/mol. The largest absolute Gasteiger partial charge is 0.399 e. The van der Waals surface area contributed by atoms with Crippen LogP contribution in [0.3, 0.4) is 0 Å². The third-order valence-electron chi connectivity index (χ3n) is 3.59. The molecule has 0 radical (unpaired) electrons. The van der Waals surface area contributed by atoms with E-state index in [9.17, 15) is 4.79 Å². The van der Waals surface area contributed by atoms with Crippen LogP contribution in [0.25, 0.3) is 0 Å². The van der Waals surface area contributed by atoms with Crippen molar-refractivity contribution in [3.05, 3.63) is 28.8 Å². The van der Waals surface area contributed by atoms with Crippen molar-refractivity contribution in [2.45, 2.75) is 38.6 Å². The molecule has 4 heteroatoms. The Bertz CT molecular complexity index is 441. The molecule has 0 heterocycles. The minimum Gasteiger partial charge on any atom is -0.399 e. The first-order valence-corrected chi connectivity index (χ1v) is 6.87. The maximum absolute atomic E-state index is 12.5. The molecule has 1 saturated carbocycles. The molecule has 0 atom stereocenters. The molecule has 3 nitrogen and oxygen atoms in total. The number of hydrogen-bond acceptors (Lipinski definition) is 2. The number of nitrogens with two attached hydrogens (primary N) is 1. The highest BCUT2D eigenvalue weighted by Gasteiger charge is 2.27. The van der Waals surface area contributed by atoms with Crippen LogP contribution in [0.2, 0.25) is 5.02 Å². The number of nitrogens with zero attached hydrogens (tertiary/aromatic N) is 1. The first-order chi connectivity index (χ1) is 8.63. The van der Waals surface area contributed by atoms with Gasteiger partial charge in [0.1, 0.15) is 0 Å². The number of halogens is 1. The van der Waals surface area contributed by atoms with E-state index in [-0.39, 0.29) is 5.91 Å². The highest BCUT2D eigenvalue weighted by atomic mass is 35.5. The van der Waals surface area contributed by atoms with E-state index in [2.05, 4.69) is 0 Å². The van der Waals surface area contributed by atoms with Crippen molar-refractivity contribution in [2.75, 3.05) is 12.3 Å². The summed E-state index contributed by atoms with van der Waals surface area (Å²) >= 11 is 6.10. The van der Waals surface area contributed by atoms with E-state index in [1.54, 1.807) is 18.2 Å². The number of nitrogen functional groups attached to an aromatic ring is 1. The summed E-state index contributed by atoms with van der Waals surface area (Å²) in [7, 11) is 0. The molecule has 1 amide bonds. The van der Waals surface area contributed by atoms with E-state index in [0.29, 0.717) is 28.9 Å². The first kappa shape index (κ1) is 13.2. The lowest BCUT2D eigenvalue weighted by Crippen LogP contribution is -2.38. The molecule has 1 aliphatic rings. The van der Waals surface area contributed by atoms with Crippen molar-refractivity contribution in [3.8, 4) is 0 Å². The molecule has 2 rings (SSSR count). The van der Waals surface area contributed by atoms with Gasteiger partial charge in [0.15, 0.2) is 0 Å². The lowest BCUT2D eigenvalue weighted by atomic mass is 10.1. The van der Waals surface area contributed by atoms with E-state index in [4.69, 9.17) is 17.3 Å². The molecule has 0 aromatic heterocycles. The van der Waals surface area contributed by atoms with E-state index in [0.717, 1.165) is 12.8 Å². The van der Waals surface area contributed by atoms with Gasteiger partial charge < -0.3 is 10.6 Å². The fraction of sp³-hybridized carbons (Fsp3) is 0.500. The third-order valence-corrected chi connectivity index (χ3v) is 3.92. The lowest BCUT2D eigenvalue weighted by Gasteiger charge is -2.28. The minimum atomic E-state index is 0.00157. The Balaban J connectivity index is 2.25. The van der Waals surface area contributed by atoms with Gasteiger partial charge in [0, 0.05) is 18.3 Å². The molecule has 1 aliphatic carbocycles. The summed E-state index contributed by atoms with van der Waals surface area (Å²) in [6.45, 7) is 2.73. The Labute approximate surface area is 113 Å². The molecule has 1 aromatic rings. The van der Waals surface area contributed by atoms with Crippen LogP contribution in [0.1, 0.15) is 43.0 Å². The molecule has 0 saturated heterocycles. The number of carbonyl (C=O) groups excluding carboxylic acids is 1. The zero-order valence-corrected chi connectivity index (χ0v) is 11.4. The number of carbonyl (C=O) groups is 1.